The quantitative estimate of drug-likeness (QED) is 0.855. The number of fused-ring (bicyclic) bond motifs is 1. The lowest BCUT2D eigenvalue weighted by molar-refractivity contribution is -1.05. The zero-order valence-corrected chi connectivity index (χ0v) is 15.1. The summed E-state index contributed by atoms with van der Waals surface area (Å²) in [6.07, 6.45) is 6.07. The predicted molar refractivity (Wildman–Crippen MR) is 99.0 cm³/mol. The second kappa shape index (κ2) is 5.34. The van der Waals surface area contributed by atoms with Crippen LogP contribution in [0.3, 0.4) is 0 Å². The lowest BCUT2D eigenvalue weighted by atomic mass is 9.62. The van der Waals surface area contributed by atoms with Gasteiger partial charge in [0.05, 0.1) is 11.5 Å². The van der Waals surface area contributed by atoms with Crippen LogP contribution in [-0.4, -0.2) is 18.9 Å². The number of nitrogens with one attached hydrogen (secondary N) is 1. The Morgan fingerprint density at radius 1 is 0.962 bits per heavy atom. The fourth-order valence-electron chi connectivity index (χ4n) is 6.55. The highest BCUT2D eigenvalue weighted by molar-refractivity contribution is 5.41. The molecule has 2 aromatic rings. The number of para-hydroxylation sites is 1. The predicted octanol–water partition coefficient (Wildman–Crippen LogP) is 3.22. The van der Waals surface area contributed by atoms with Crippen LogP contribution in [0, 0.1) is 5.92 Å². The molecule has 2 aromatic carbocycles. The standard InChI is InChI=1S/C23H25NO2/c1-2-8-17(9-3-1)18-16-23-20-11-4-5-12-21(20)26-22(24(23)14-15-25-23)13-7-6-10-19(18)22/h1-5,8-9,11-12,18-19H,6-7,10,13-16H2/p+1/t18-,19+,22-,23+/m0/s1. The van der Waals surface area contributed by atoms with Crippen molar-refractivity contribution in [3.63, 3.8) is 0 Å². The van der Waals surface area contributed by atoms with Crippen LogP contribution in [0.15, 0.2) is 54.6 Å². The van der Waals surface area contributed by atoms with E-state index >= 15 is 0 Å². The Labute approximate surface area is 154 Å². The van der Waals surface area contributed by atoms with Crippen molar-refractivity contribution in [2.75, 3.05) is 13.2 Å². The van der Waals surface area contributed by atoms with E-state index in [2.05, 4.69) is 54.6 Å². The lowest BCUT2D eigenvalue weighted by Gasteiger charge is -2.60. The van der Waals surface area contributed by atoms with Crippen molar-refractivity contribution in [3.8, 4) is 5.75 Å². The van der Waals surface area contributed by atoms with Gasteiger partial charge in [0.1, 0.15) is 18.9 Å². The monoisotopic (exact) mass is 348 g/mol. The van der Waals surface area contributed by atoms with Gasteiger partial charge in [-0.3, -0.25) is 4.90 Å². The van der Waals surface area contributed by atoms with Crippen molar-refractivity contribution < 1.29 is 14.4 Å². The average Bonchev–Trinajstić information content (AvgIpc) is 3.15. The van der Waals surface area contributed by atoms with Gasteiger partial charge < -0.3 is 9.47 Å². The van der Waals surface area contributed by atoms with E-state index in [1.54, 1.807) is 4.90 Å². The fraction of sp³-hybridized carbons (Fsp3) is 0.478. The Hall–Kier alpha value is -1.84. The molecule has 1 unspecified atom stereocenters. The molecule has 3 heteroatoms. The normalized spacial score (nSPS) is 40.1. The van der Waals surface area contributed by atoms with Crippen LogP contribution in [0.25, 0.3) is 0 Å². The Morgan fingerprint density at radius 3 is 2.73 bits per heavy atom. The van der Waals surface area contributed by atoms with Crippen molar-refractivity contribution in [1.29, 1.82) is 0 Å². The van der Waals surface area contributed by atoms with Crippen LogP contribution in [0.4, 0.5) is 0 Å². The second-order valence-corrected chi connectivity index (χ2v) is 8.47. The largest absolute Gasteiger partial charge is 0.439 e. The van der Waals surface area contributed by atoms with Gasteiger partial charge in [0.25, 0.3) is 0 Å². The molecular formula is C23H26NO2+. The summed E-state index contributed by atoms with van der Waals surface area (Å²) < 4.78 is 13.6. The zero-order valence-electron chi connectivity index (χ0n) is 15.1. The molecule has 5 atom stereocenters. The first-order chi connectivity index (χ1) is 12.8. The molecular weight excluding hydrogens is 322 g/mol. The third-order valence-corrected chi connectivity index (χ3v) is 7.45. The summed E-state index contributed by atoms with van der Waals surface area (Å²) in [5.74, 6) is 2.14. The third kappa shape index (κ3) is 1.80. The number of hydrogen-bond acceptors (Lipinski definition) is 2. The maximum absolute atomic E-state index is 6.94. The van der Waals surface area contributed by atoms with Crippen LogP contribution in [0.5, 0.6) is 5.75 Å². The minimum Gasteiger partial charge on any atom is -0.439 e. The molecule has 3 aliphatic heterocycles. The summed E-state index contributed by atoms with van der Waals surface area (Å²) in [6, 6.07) is 19.7. The first-order valence-electron chi connectivity index (χ1n) is 10.2. The van der Waals surface area contributed by atoms with Crippen LogP contribution in [0.1, 0.15) is 49.1 Å². The highest BCUT2D eigenvalue weighted by Crippen LogP contribution is 2.55. The van der Waals surface area contributed by atoms with E-state index in [0.29, 0.717) is 11.8 Å². The molecule has 3 nitrogen and oxygen atoms in total. The molecule has 2 saturated heterocycles. The van der Waals surface area contributed by atoms with E-state index < -0.39 is 0 Å². The molecule has 0 amide bonds. The minimum absolute atomic E-state index is 0.123. The van der Waals surface area contributed by atoms with Gasteiger partial charge in [0, 0.05) is 18.8 Å². The lowest BCUT2D eigenvalue weighted by Crippen LogP contribution is -3.28. The summed E-state index contributed by atoms with van der Waals surface area (Å²) in [6.45, 7) is 1.90. The highest BCUT2D eigenvalue weighted by atomic mass is 16.6. The second-order valence-electron chi connectivity index (χ2n) is 8.47. The van der Waals surface area contributed by atoms with Crippen molar-refractivity contribution >= 4 is 0 Å². The number of benzene rings is 2. The van der Waals surface area contributed by atoms with E-state index in [9.17, 15) is 0 Å². The molecule has 1 aliphatic carbocycles. The van der Waals surface area contributed by atoms with Gasteiger partial charge in [-0.25, -0.2) is 0 Å². The highest BCUT2D eigenvalue weighted by Gasteiger charge is 2.71. The van der Waals surface area contributed by atoms with Gasteiger partial charge in [0.15, 0.2) is 0 Å². The smallest absolute Gasteiger partial charge is 0.247 e. The number of ether oxygens (including phenoxy) is 2. The van der Waals surface area contributed by atoms with E-state index in [-0.39, 0.29) is 11.4 Å². The fourth-order valence-corrected chi connectivity index (χ4v) is 6.55. The maximum atomic E-state index is 6.94. The SMILES string of the molecule is c1ccc([C@@H]2C[C@]34OCC[NH+]3[C@@]3(CCCC[C@H]23)Oc2ccccc24)cc1. The molecule has 1 saturated carbocycles. The minimum atomic E-state index is -0.233. The maximum Gasteiger partial charge on any atom is 0.247 e. The third-order valence-electron chi connectivity index (χ3n) is 7.45. The topological polar surface area (TPSA) is 22.9 Å². The van der Waals surface area contributed by atoms with Crippen molar-refractivity contribution in [1.82, 2.24) is 0 Å². The van der Waals surface area contributed by atoms with Crippen LogP contribution in [-0.2, 0) is 10.5 Å². The average molecular weight is 348 g/mol. The molecule has 3 heterocycles. The van der Waals surface area contributed by atoms with Gasteiger partial charge in [-0.1, -0.05) is 48.9 Å². The van der Waals surface area contributed by atoms with Crippen LogP contribution >= 0.6 is 0 Å². The summed E-state index contributed by atoms with van der Waals surface area (Å²) in [7, 11) is 0. The molecule has 2 bridgehead atoms. The van der Waals surface area contributed by atoms with Gasteiger partial charge in [-0.15, -0.1) is 0 Å². The summed E-state index contributed by atoms with van der Waals surface area (Å²) in [4.78, 5) is 1.56. The first-order valence-corrected chi connectivity index (χ1v) is 10.2. The number of hydrogen-bond donors (Lipinski definition) is 1. The van der Waals surface area contributed by atoms with E-state index in [0.717, 1.165) is 31.7 Å². The Balaban J connectivity index is 1.59. The summed E-state index contributed by atoms with van der Waals surface area (Å²) >= 11 is 0. The molecule has 0 radical (unpaired) electrons. The van der Waals surface area contributed by atoms with Crippen molar-refractivity contribution in [2.24, 2.45) is 5.92 Å². The van der Waals surface area contributed by atoms with Gasteiger partial charge in [0.2, 0.25) is 11.4 Å². The van der Waals surface area contributed by atoms with Crippen molar-refractivity contribution in [3.05, 3.63) is 65.7 Å². The zero-order chi connectivity index (χ0) is 17.2. The Kier molecular flexibility index (Phi) is 3.13. The number of quaternary nitrogens is 1. The van der Waals surface area contributed by atoms with Gasteiger partial charge in [-0.2, -0.15) is 0 Å². The van der Waals surface area contributed by atoms with Crippen LogP contribution < -0.4 is 9.64 Å². The number of rotatable bonds is 1. The molecule has 26 heavy (non-hydrogen) atoms. The Bertz CT molecular complexity index is 837. The molecule has 134 valence electrons. The van der Waals surface area contributed by atoms with E-state index in [4.69, 9.17) is 9.47 Å². The molecule has 4 aliphatic rings. The summed E-state index contributed by atoms with van der Waals surface area (Å²) in [5, 5.41) is 0. The van der Waals surface area contributed by atoms with Crippen LogP contribution in [0.2, 0.25) is 0 Å². The molecule has 6 rings (SSSR count). The first kappa shape index (κ1) is 15.2. The molecule has 1 spiro atoms. The van der Waals surface area contributed by atoms with Crippen molar-refractivity contribution in [2.45, 2.75) is 49.5 Å². The summed E-state index contributed by atoms with van der Waals surface area (Å²) in [5.41, 5.74) is 2.37. The van der Waals surface area contributed by atoms with E-state index in [1.807, 2.05) is 0 Å². The van der Waals surface area contributed by atoms with Gasteiger partial charge in [-0.05, 0) is 30.5 Å². The van der Waals surface area contributed by atoms with E-state index in [1.165, 1.54) is 30.4 Å². The molecule has 1 N–H and O–H groups in total. The molecule has 3 fully saturated rings. The molecule has 0 aromatic heterocycles. The Morgan fingerprint density at radius 2 is 1.81 bits per heavy atom. The van der Waals surface area contributed by atoms with Gasteiger partial charge >= 0.3 is 0 Å². The number of piperidine rings is 1.